The SMILES string of the molecule is CCc1ccc(CCC(=O)Nc2ccc(F)c(Cl)c2)o1. The minimum Gasteiger partial charge on any atom is -0.466 e. The summed E-state index contributed by atoms with van der Waals surface area (Å²) < 4.78 is 18.5. The van der Waals surface area contributed by atoms with Crippen molar-refractivity contribution < 1.29 is 13.6 Å². The van der Waals surface area contributed by atoms with Gasteiger partial charge in [0.2, 0.25) is 5.91 Å². The number of nitrogens with one attached hydrogen (secondary N) is 1. The third-order valence-corrected chi connectivity index (χ3v) is 3.16. The van der Waals surface area contributed by atoms with Crippen LogP contribution in [0.25, 0.3) is 0 Å². The molecule has 1 N–H and O–H groups in total. The molecule has 0 saturated carbocycles. The van der Waals surface area contributed by atoms with Gasteiger partial charge in [0.25, 0.3) is 0 Å². The zero-order valence-corrected chi connectivity index (χ0v) is 11.8. The van der Waals surface area contributed by atoms with Gasteiger partial charge < -0.3 is 9.73 Å². The van der Waals surface area contributed by atoms with E-state index in [9.17, 15) is 9.18 Å². The van der Waals surface area contributed by atoms with Crippen LogP contribution in [-0.2, 0) is 17.6 Å². The molecule has 5 heteroatoms. The van der Waals surface area contributed by atoms with Crippen LogP contribution in [0, 0.1) is 5.82 Å². The van der Waals surface area contributed by atoms with Crippen LogP contribution >= 0.6 is 11.6 Å². The van der Waals surface area contributed by atoms with Gasteiger partial charge in [-0.15, -0.1) is 0 Å². The highest BCUT2D eigenvalue weighted by molar-refractivity contribution is 6.31. The first-order valence-corrected chi connectivity index (χ1v) is 6.78. The summed E-state index contributed by atoms with van der Waals surface area (Å²) in [5.41, 5.74) is 0.482. The number of hydrogen-bond acceptors (Lipinski definition) is 2. The Morgan fingerprint density at radius 1 is 1.30 bits per heavy atom. The van der Waals surface area contributed by atoms with E-state index >= 15 is 0 Å². The Balaban J connectivity index is 1.87. The van der Waals surface area contributed by atoms with E-state index in [2.05, 4.69) is 5.32 Å². The normalized spacial score (nSPS) is 10.6. The summed E-state index contributed by atoms with van der Waals surface area (Å²) in [6.45, 7) is 2.01. The Hall–Kier alpha value is -1.81. The maximum Gasteiger partial charge on any atom is 0.224 e. The molecule has 1 amide bonds. The molecule has 0 atom stereocenters. The molecule has 0 aliphatic rings. The number of aryl methyl sites for hydroxylation is 2. The molecule has 0 aliphatic carbocycles. The van der Waals surface area contributed by atoms with Crippen LogP contribution in [0.2, 0.25) is 5.02 Å². The Bertz CT molecular complexity index is 610. The van der Waals surface area contributed by atoms with Crippen molar-refractivity contribution in [3.63, 3.8) is 0 Å². The van der Waals surface area contributed by atoms with E-state index in [0.717, 1.165) is 17.9 Å². The van der Waals surface area contributed by atoms with E-state index in [-0.39, 0.29) is 10.9 Å². The minimum atomic E-state index is -0.507. The molecule has 0 radical (unpaired) electrons. The number of halogens is 2. The van der Waals surface area contributed by atoms with E-state index < -0.39 is 5.82 Å². The standard InChI is InChI=1S/C15H15ClFNO2/c1-2-11-4-5-12(20-11)6-8-15(19)18-10-3-7-14(17)13(16)9-10/h3-5,7,9H,2,6,8H2,1H3,(H,18,19). The van der Waals surface area contributed by atoms with E-state index in [1.54, 1.807) is 0 Å². The molecular formula is C15H15ClFNO2. The second kappa shape index (κ2) is 6.57. The van der Waals surface area contributed by atoms with Gasteiger partial charge in [-0.3, -0.25) is 4.79 Å². The number of benzene rings is 1. The van der Waals surface area contributed by atoms with Gasteiger partial charge >= 0.3 is 0 Å². The van der Waals surface area contributed by atoms with Crippen molar-refractivity contribution in [3.05, 3.63) is 52.7 Å². The predicted octanol–water partition coefficient (Wildman–Crippen LogP) is 4.21. The molecular weight excluding hydrogens is 281 g/mol. The van der Waals surface area contributed by atoms with Crippen molar-refractivity contribution in [1.82, 2.24) is 0 Å². The largest absolute Gasteiger partial charge is 0.466 e. The van der Waals surface area contributed by atoms with Crippen LogP contribution in [0.15, 0.2) is 34.7 Å². The lowest BCUT2D eigenvalue weighted by Gasteiger charge is -2.05. The first-order valence-electron chi connectivity index (χ1n) is 6.41. The van der Waals surface area contributed by atoms with Crippen molar-refractivity contribution in [2.24, 2.45) is 0 Å². The molecule has 106 valence electrons. The number of hydrogen-bond donors (Lipinski definition) is 1. The topological polar surface area (TPSA) is 42.2 Å². The summed E-state index contributed by atoms with van der Waals surface area (Å²) >= 11 is 5.65. The molecule has 3 nitrogen and oxygen atoms in total. The third-order valence-electron chi connectivity index (χ3n) is 2.87. The van der Waals surface area contributed by atoms with E-state index in [0.29, 0.717) is 18.5 Å². The fraction of sp³-hybridized carbons (Fsp3) is 0.267. The molecule has 2 rings (SSSR count). The van der Waals surface area contributed by atoms with E-state index in [1.165, 1.54) is 18.2 Å². The Kier molecular flexibility index (Phi) is 4.79. The lowest BCUT2D eigenvalue weighted by molar-refractivity contribution is -0.116. The smallest absolute Gasteiger partial charge is 0.224 e. The Labute approximate surface area is 121 Å². The monoisotopic (exact) mass is 295 g/mol. The number of furan rings is 1. The second-order valence-electron chi connectivity index (χ2n) is 4.40. The number of carbonyl (C=O) groups excluding carboxylic acids is 1. The van der Waals surface area contributed by atoms with Crippen molar-refractivity contribution in [2.75, 3.05) is 5.32 Å². The number of anilines is 1. The van der Waals surface area contributed by atoms with Gasteiger partial charge in [-0.05, 0) is 30.3 Å². The summed E-state index contributed by atoms with van der Waals surface area (Å²) in [7, 11) is 0. The van der Waals surface area contributed by atoms with Gasteiger partial charge in [-0.1, -0.05) is 18.5 Å². The van der Waals surface area contributed by atoms with E-state index in [4.69, 9.17) is 16.0 Å². The molecule has 2 aromatic rings. The third kappa shape index (κ3) is 3.84. The van der Waals surface area contributed by atoms with Crippen LogP contribution in [0.4, 0.5) is 10.1 Å². The first kappa shape index (κ1) is 14.6. The van der Waals surface area contributed by atoms with Crippen LogP contribution in [0.5, 0.6) is 0 Å². The Morgan fingerprint density at radius 3 is 2.70 bits per heavy atom. The fourth-order valence-corrected chi connectivity index (χ4v) is 1.96. The van der Waals surface area contributed by atoms with Crippen LogP contribution in [0.3, 0.4) is 0 Å². The molecule has 1 aromatic carbocycles. The predicted molar refractivity (Wildman–Crippen MR) is 76.4 cm³/mol. The zero-order chi connectivity index (χ0) is 14.5. The highest BCUT2D eigenvalue weighted by atomic mass is 35.5. The lowest BCUT2D eigenvalue weighted by Crippen LogP contribution is -2.12. The van der Waals surface area contributed by atoms with Crippen molar-refractivity contribution >= 4 is 23.2 Å². The van der Waals surface area contributed by atoms with Crippen molar-refractivity contribution in [3.8, 4) is 0 Å². The van der Waals surface area contributed by atoms with Crippen LogP contribution in [-0.4, -0.2) is 5.91 Å². The van der Waals surface area contributed by atoms with Gasteiger partial charge in [0.05, 0.1) is 5.02 Å². The zero-order valence-electron chi connectivity index (χ0n) is 11.1. The molecule has 20 heavy (non-hydrogen) atoms. The van der Waals surface area contributed by atoms with Gasteiger partial charge in [-0.25, -0.2) is 4.39 Å². The summed E-state index contributed by atoms with van der Waals surface area (Å²) in [6, 6.07) is 7.87. The van der Waals surface area contributed by atoms with Gasteiger partial charge in [0, 0.05) is 24.9 Å². The second-order valence-corrected chi connectivity index (χ2v) is 4.81. The maximum absolute atomic E-state index is 13.0. The summed E-state index contributed by atoms with van der Waals surface area (Å²) in [5, 5.41) is 2.66. The van der Waals surface area contributed by atoms with Gasteiger partial charge in [-0.2, -0.15) is 0 Å². The average molecular weight is 296 g/mol. The maximum atomic E-state index is 13.0. The summed E-state index contributed by atoms with van der Waals surface area (Å²) in [6.07, 6.45) is 1.66. The molecule has 0 unspecified atom stereocenters. The average Bonchev–Trinajstić information content (AvgIpc) is 2.89. The molecule has 0 spiro atoms. The molecule has 0 bridgehead atoms. The van der Waals surface area contributed by atoms with E-state index in [1.807, 2.05) is 19.1 Å². The summed E-state index contributed by atoms with van der Waals surface area (Å²) in [4.78, 5) is 11.8. The van der Waals surface area contributed by atoms with Crippen LogP contribution in [0.1, 0.15) is 24.9 Å². The number of carbonyl (C=O) groups is 1. The highest BCUT2D eigenvalue weighted by Gasteiger charge is 2.07. The molecule has 0 saturated heterocycles. The molecule has 0 fully saturated rings. The summed E-state index contributed by atoms with van der Waals surface area (Å²) in [5.74, 6) is 1.02. The lowest BCUT2D eigenvalue weighted by atomic mass is 10.2. The first-order chi connectivity index (χ1) is 9.58. The fourth-order valence-electron chi connectivity index (χ4n) is 1.78. The highest BCUT2D eigenvalue weighted by Crippen LogP contribution is 2.19. The Morgan fingerprint density at radius 2 is 2.05 bits per heavy atom. The minimum absolute atomic E-state index is 0.0126. The number of amides is 1. The van der Waals surface area contributed by atoms with Crippen molar-refractivity contribution in [2.45, 2.75) is 26.2 Å². The van der Waals surface area contributed by atoms with Crippen molar-refractivity contribution in [1.29, 1.82) is 0 Å². The quantitative estimate of drug-likeness (QED) is 0.898. The molecule has 1 heterocycles. The molecule has 0 aliphatic heterocycles. The van der Waals surface area contributed by atoms with Gasteiger partial charge in [0.1, 0.15) is 17.3 Å². The van der Waals surface area contributed by atoms with Gasteiger partial charge in [0.15, 0.2) is 0 Å². The number of rotatable bonds is 5. The van der Waals surface area contributed by atoms with Crippen LogP contribution < -0.4 is 5.32 Å². The molecule has 1 aromatic heterocycles.